The van der Waals surface area contributed by atoms with Crippen LogP contribution in [0.5, 0.6) is 0 Å². The van der Waals surface area contributed by atoms with Crippen LogP contribution >= 0.6 is 0 Å². The summed E-state index contributed by atoms with van der Waals surface area (Å²) >= 11 is 0. The lowest BCUT2D eigenvalue weighted by atomic mass is 9.94. The second kappa shape index (κ2) is 8.35. The lowest BCUT2D eigenvalue weighted by molar-refractivity contribution is 0.231. The summed E-state index contributed by atoms with van der Waals surface area (Å²) in [5.74, 6) is 2.54. The van der Waals surface area contributed by atoms with E-state index in [0.29, 0.717) is 5.92 Å². The van der Waals surface area contributed by atoms with Crippen LogP contribution in [0.15, 0.2) is 24.4 Å². The van der Waals surface area contributed by atoms with Crippen LogP contribution in [0.2, 0.25) is 0 Å². The summed E-state index contributed by atoms with van der Waals surface area (Å²) in [6, 6.07) is 6.14. The van der Waals surface area contributed by atoms with Crippen molar-refractivity contribution in [3.63, 3.8) is 0 Å². The first kappa shape index (κ1) is 16.2. The third kappa shape index (κ3) is 5.29. The quantitative estimate of drug-likeness (QED) is 0.836. The number of pyridine rings is 1. The van der Waals surface area contributed by atoms with E-state index in [9.17, 15) is 0 Å². The fourth-order valence-corrected chi connectivity index (χ4v) is 3.11. The minimum absolute atomic E-state index is 0.679. The summed E-state index contributed by atoms with van der Waals surface area (Å²) in [4.78, 5) is 9.39. The molecule has 0 amide bonds. The summed E-state index contributed by atoms with van der Waals surface area (Å²) in [7, 11) is 0. The highest BCUT2D eigenvalue weighted by atomic mass is 15.3. The maximum absolute atomic E-state index is 5.90. The second-order valence-corrected chi connectivity index (χ2v) is 6.54. The number of hydrogen-bond donors (Lipinski definition) is 1. The number of aromatic nitrogens is 1. The van der Waals surface area contributed by atoms with Gasteiger partial charge in [0.15, 0.2) is 0 Å². The van der Waals surface area contributed by atoms with Gasteiger partial charge in [0.1, 0.15) is 5.82 Å². The molecule has 2 rings (SSSR count). The summed E-state index contributed by atoms with van der Waals surface area (Å²) in [5, 5.41) is 0. The van der Waals surface area contributed by atoms with Crippen molar-refractivity contribution in [2.75, 3.05) is 44.2 Å². The highest BCUT2D eigenvalue weighted by molar-refractivity contribution is 5.38. The first-order chi connectivity index (χ1) is 10.2. The van der Waals surface area contributed by atoms with Crippen LogP contribution in [0.1, 0.15) is 26.7 Å². The largest absolute Gasteiger partial charge is 0.354 e. The Hall–Kier alpha value is -1.13. The van der Waals surface area contributed by atoms with Gasteiger partial charge in [0, 0.05) is 32.4 Å². The molecule has 0 saturated carbocycles. The van der Waals surface area contributed by atoms with Gasteiger partial charge in [-0.05, 0) is 49.9 Å². The van der Waals surface area contributed by atoms with Gasteiger partial charge in [-0.15, -0.1) is 0 Å². The summed E-state index contributed by atoms with van der Waals surface area (Å²) in [5.41, 5.74) is 5.90. The molecular formula is C17H30N4. The van der Waals surface area contributed by atoms with Gasteiger partial charge in [-0.2, -0.15) is 0 Å². The van der Waals surface area contributed by atoms with Gasteiger partial charge < -0.3 is 10.6 Å². The van der Waals surface area contributed by atoms with Crippen molar-refractivity contribution in [3.8, 4) is 0 Å². The smallest absolute Gasteiger partial charge is 0.128 e. The zero-order valence-electron chi connectivity index (χ0n) is 13.5. The average Bonchev–Trinajstić information content (AvgIpc) is 2.52. The zero-order chi connectivity index (χ0) is 15.1. The number of anilines is 1. The molecule has 1 aliphatic rings. The van der Waals surface area contributed by atoms with Gasteiger partial charge in [0.25, 0.3) is 0 Å². The number of hydrogen-bond acceptors (Lipinski definition) is 4. The van der Waals surface area contributed by atoms with Crippen molar-refractivity contribution in [1.82, 2.24) is 9.88 Å². The van der Waals surface area contributed by atoms with Crippen molar-refractivity contribution in [1.29, 1.82) is 0 Å². The van der Waals surface area contributed by atoms with E-state index in [1.165, 1.54) is 19.4 Å². The van der Waals surface area contributed by atoms with E-state index in [-0.39, 0.29) is 0 Å². The molecule has 4 nitrogen and oxygen atoms in total. The van der Waals surface area contributed by atoms with Crippen molar-refractivity contribution < 1.29 is 0 Å². The van der Waals surface area contributed by atoms with Gasteiger partial charge in [0.05, 0.1) is 0 Å². The molecule has 1 aromatic heterocycles. The number of nitrogens with two attached hydrogens (primary N) is 1. The molecule has 21 heavy (non-hydrogen) atoms. The van der Waals surface area contributed by atoms with Gasteiger partial charge in [-0.3, -0.25) is 4.90 Å². The van der Waals surface area contributed by atoms with E-state index in [4.69, 9.17) is 5.73 Å². The SMILES string of the molecule is CC(C)CC(CN)CCN1CCN(c2ccccn2)CC1. The molecule has 0 aromatic carbocycles. The van der Waals surface area contributed by atoms with Crippen LogP contribution in [0, 0.1) is 11.8 Å². The minimum Gasteiger partial charge on any atom is -0.354 e. The molecular weight excluding hydrogens is 260 g/mol. The van der Waals surface area contributed by atoms with Crippen LogP contribution in [0.3, 0.4) is 0 Å². The van der Waals surface area contributed by atoms with Gasteiger partial charge >= 0.3 is 0 Å². The minimum atomic E-state index is 0.679. The predicted molar refractivity (Wildman–Crippen MR) is 89.5 cm³/mol. The van der Waals surface area contributed by atoms with Crippen molar-refractivity contribution in [2.45, 2.75) is 26.7 Å². The first-order valence-electron chi connectivity index (χ1n) is 8.27. The third-order valence-corrected chi connectivity index (χ3v) is 4.34. The molecule has 2 N–H and O–H groups in total. The Kier molecular flexibility index (Phi) is 6.46. The van der Waals surface area contributed by atoms with E-state index < -0.39 is 0 Å². The highest BCUT2D eigenvalue weighted by Gasteiger charge is 2.18. The Morgan fingerprint density at radius 1 is 1.19 bits per heavy atom. The molecule has 0 bridgehead atoms. The molecule has 4 heteroatoms. The van der Waals surface area contributed by atoms with Crippen LogP contribution in [0.4, 0.5) is 5.82 Å². The maximum atomic E-state index is 5.90. The second-order valence-electron chi connectivity index (χ2n) is 6.54. The monoisotopic (exact) mass is 290 g/mol. The van der Waals surface area contributed by atoms with E-state index in [2.05, 4.69) is 40.8 Å². The molecule has 1 saturated heterocycles. The molecule has 0 radical (unpaired) electrons. The normalized spacial score (nSPS) is 18.2. The number of piperazine rings is 1. The average molecular weight is 290 g/mol. The van der Waals surface area contributed by atoms with Crippen LogP contribution in [-0.2, 0) is 0 Å². The Labute approximate surface area is 129 Å². The molecule has 0 aliphatic carbocycles. The maximum Gasteiger partial charge on any atom is 0.128 e. The Morgan fingerprint density at radius 3 is 2.52 bits per heavy atom. The van der Waals surface area contributed by atoms with E-state index >= 15 is 0 Å². The lowest BCUT2D eigenvalue weighted by Crippen LogP contribution is -2.47. The van der Waals surface area contributed by atoms with Crippen LogP contribution in [-0.4, -0.2) is 49.2 Å². The first-order valence-corrected chi connectivity index (χ1v) is 8.27. The molecule has 1 atom stereocenters. The van der Waals surface area contributed by atoms with Crippen molar-refractivity contribution in [2.24, 2.45) is 17.6 Å². The third-order valence-electron chi connectivity index (χ3n) is 4.34. The van der Waals surface area contributed by atoms with E-state index in [1.54, 1.807) is 0 Å². The number of nitrogens with zero attached hydrogens (tertiary/aromatic N) is 3. The molecule has 1 unspecified atom stereocenters. The Balaban J connectivity index is 1.72. The van der Waals surface area contributed by atoms with Gasteiger partial charge in [-0.1, -0.05) is 19.9 Å². The van der Waals surface area contributed by atoms with Gasteiger partial charge in [0.2, 0.25) is 0 Å². The van der Waals surface area contributed by atoms with Crippen LogP contribution in [0.25, 0.3) is 0 Å². The summed E-state index contributed by atoms with van der Waals surface area (Å²) in [6.45, 7) is 11.0. The number of rotatable bonds is 7. The fourth-order valence-electron chi connectivity index (χ4n) is 3.11. The molecule has 1 fully saturated rings. The zero-order valence-corrected chi connectivity index (χ0v) is 13.5. The topological polar surface area (TPSA) is 45.4 Å². The molecule has 0 spiro atoms. The van der Waals surface area contributed by atoms with E-state index in [0.717, 1.165) is 44.5 Å². The van der Waals surface area contributed by atoms with E-state index in [1.807, 2.05) is 12.3 Å². The van der Waals surface area contributed by atoms with Crippen molar-refractivity contribution in [3.05, 3.63) is 24.4 Å². The lowest BCUT2D eigenvalue weighted by Gasteiger charge is -2.36. The standard InChI is InChI=1S/C17H30N4/c1-15(2)13-16(14-18)6-8-20-9-11-21(12-10-20)17-5-3-4-7-19-17/h3-5,7,15-16H,6,8-14,18H2,1-2H3. The van der Waals surface area contributed by atoms with Crippen molar-refractivity contribution >= 4 is 5.82 Å². The van der Waals surface area contributed by atoms with Crippen LogP contribution < -0.4 is 10.6 Å². The molecule has 2 heterocycles. The summed E-state index contributed by atoms with van der Waals surface area (Å²) in [6.07, 6.45) is 4.36. The predicted octanol–water partition coefficient (Wildman–Crippen LogP) is 2.21. The summed E-state index contributed by atoms with van der Waals surface area (Å²) < 4.78 is 0. The highest BCUT2D eigenvalue weighted by Crippen LogP contribution is 2.17. The Bertz CT molecular complexity index is 385. The van der Waals surface area contributed by atoms with Gasteiger partial charge in [-0.25, -0.2) is 4.98 Å². The molecule has 118 valence electrons. The molecule has 1 aromatic rings. The Morgan fingerprint density at radius 2 is 1.95 bits per heavy atom. The fraction of sp³-hybridized carbons (Fsp3) is 0.706. The molecule has 1 aliphatic heterocycles.